The maximum absolute atomic E-state index is 9.85. The fourth-order valence-electron chi connectivity index (χ4n) is 0.535. The van der Waals surface area contributed by atoms with E-state index in [1.165, 1.54) is 0 Å². The summed E-state index contributed by atoms with van der Waals surface area (Å²) in [5.74, 6) is 5.70. The summed E-state index contributed by atoms with van der Waals surface area (Å²) >= 11 is 0. The van der Waals surface area contributed by atoms with Crippen LogP contribution in [0.3, 0.4) is 0 Å². The fourth-order valence-corrected chi connectivity index (χ4v) is 0.535. The highest BCUT2D eigenvalue weighted by Gasteiger charge is 1.82. The van der Waals surface area contributed by atoms with Gasteiger partial charge in [-0.1, -0.05) is 5.92 Å². The van der Waals surface area contributed by atoms with Crippen LogP contribution >= 0.6 is 0 Å². The summed E-state index contributed by atoms with van der Waals surface area (Å²) in [7, 11) is 0. The molecule has 0 atom stereocenters. The minimum atomic E-state index is 0.234. The lowest BCUT2D eigenvalue weighted by atomic mass is 10.4. The summed E-state index contributed by atoms with van der Waals surface area (Å²) in [4.78, 5) is 17.6. The molecule has 0 saturated carbocycles. The van der Waals surface area contributed by atoms with Crippen LogP contribution in [0.4, 0.5) is 0 Å². The molecular formula is C8H6N2O. The first-order valence-corrected chi connectivity index (χ1v) is 3.13. The SMILES string of the molecule is O=CCC#Cc1ncccn1. The molecule has 0 N–H and O–H groups in total. The first-order chi connectivity index (χ1) is 5.43. The molecule has 11 heavy (non-hydrogen) atoms. The van der Waals surface area contributed by atoms with Crippen LogP contribution in [0.2, 0.25) is 0 Å². The molecule has 0 spiro atoms. The van der Waals surface area contributed by atoms with Crippen molar-refractivity contribution in [3.63, 3.8) is 0 Å². The van der Waals surface area contributed by atoms with Gasteiger partial charge in [0.15, 0.2) is 0 Å². The third-order valence-electron chi connectivity index (χ3n) is 0.951. The van der Waals surface area contributed by atoms with E-state index in [0.29, 0.717) is 5.82 Å². The van der Waals surface area contributed by atoms with Crippen molar-refractivity contribution < 1.29 is 4.79 Å². The average molecular weight is 146 g/mol. The highest BCUT2D eigenvalue weighted by atomic mass is 16.1. The topological polar surface area (TPSA) is 42.9 Å². The van der Waals surface area contributed by atoms with Crippen LogP contribution in [0, 0.1) is 11.8 Å². The van der Waals surface area contributed by atoms with E-state index in [9.17, 15) is 4.79 Å². The predicted molar refractivity (Wildman–Crippen MR) is 39.6 cm³/mol. The molecule has 0 saturated heterocycles. The van der Waals surface area contributed by atoms with Crippen molar-refractivity contribution >= 4 is 6.29 Å². The zero-order valence-electron chi connectivity index (χ0n) is 5.82. The molecule has 3 nitrogen and oxygen atoms in total. The first kappa shape index (κ1) is 7.42. The van der Waals surface area contributed by atoms with Gasteiger partial charge in [-0.15, -0.1) is 0 Å². The maximum Gasteiger partial charge on any atom is 0.204 e. The van der Waals surface area contributed by atoms with Gasteiger partial charge in [0, 0.05) is 12.4 Å². The number of nitrogens with zero attached hydrogens (tertiary/aromatic N) is 2. The molecule has 1 heterocycles. The summed E-state index contributed by atoms with van der Waals surface area (Å²) < 4.78 is 0. The second-order valence-corrected chi connectivity index (χ2v) is 1.74. The molecule has 1 rings (SSSR count). The largest absolute Gasteiger partial charge is 0.302 e. The molecule has 0 radical (unpaired) electrons. The normalized spacial score (nSPS) is 8.00. The highest BCUT2D eigenvalue weighted by Crippen LogP contribution is 1.82. The Morgan fingerprint density at radius 2 is 2.18 bits per heavy atom. The molecule has 1 aromatic heterocycles. The summed E-state index contributed by atoms with van der Waals surface area (Å²) in [5, 5.41) is 0. The van der Waals surface area contributed by atoms with Crippen molar-refractivity contribution in [2.75, 3.05) is 0 Å². The average Bonchev–Trinajstić information content (AvgIpc) is 2.07. The molecule has 0 aliphatic rings. The number of carbonyl (C=O) groups excluding carboxylic acids is 1. The molecule has 0 aliphatic heterocycles. The molecule has 1 aromatic rings. The van der Waals surface area contributed by atoms with Gasteiger partial charge in [0.05, 0.1) is 6.42 Å². The van der Waals surface area contributed by atoms with E-state index in [-0.39, 0.29) is 6.42 Å². The van der Waals surface area contributed by atoms with Crippen molar-refractivity contribution in [2.45, 2.75) is 6.42 Å². The minimum absolute atomic E-state index is 0.234. The molecule has 0 fully saturated rings. The van der Waals surface area contributed by atoms with E-state index in [1.807, 2.05) is 0 Å². The van der Waals surface area contributed by atoms with Gasteiger partial charge in [-0.3, -0.25) is 0 Å². The number of hydrogen-bond acceptors (Lipinski definition) is 3. The number of carbonyl (C=O) groups is 1. The zero-order chi connectivity index (χ0) is 7.94. The van der Waals surface area contributed by atoms with Gasteiger partial charge in [0.2, 0.25) is 5.82 Å². The Morgan fingerprint density at radius 3 is 2.82 bits per heavy atom. The maximum atomic E-state index is 9.85. The van der Waals surface area contributed by atoms with Gasteiger partial charge in [0.1, 0.15) is 6.29 Å². The predicted octanol–water partition coefficient (Wildman–Crippen LogP) is 0.417. The first-order valence-electron chi connectivity index (χ1n) is 3.13. The third kappa shape index (κ3) is 2.59. The van der Waals surface area contributed by atoms with E-state index < -0.39 is 0 Å². The standard InChI is InChI=1S/C8H6N2O/c11-7-2-1-4-8-9-5-3-6-10-8/h3,5-7H,2H2. The van der Waals surface area contributed by atoms with Crippen molar-refractivity contribution in [1.29, 1.82) is 0 Å². The van der Waals surface area contributed by atoms with Gasteiger partial charge >= 0.3 is 0 Å². The lowest BCUT2D eigenvalue weighted by Gasteiger charge is -1.82. The zero-order valence-corrected chi connectivity index (χ0v) is 5.82. The Kier molecular flexibility index (Phi) is 2.82. The fraction of sp³-hybridized carbons (Fsp3) is 0.125. The van der Waals surface area contributed by atoms with E-state index >= 15 is 0 Å². The lowest BCUT2D eigenvalue weighted by Crippen LogP contribution is -1.84. The van der Waals surface area contributed by atoms with Gasteiger partial charge in [-0.05, 0) is 12.0 Å². The number of hydrogen-bond donors (Lipinski definition) is 0. The van der Waals surface area contributed by atoms with Crippen LogP contribution in [0.25, 0.3) is 0 Å². The number of rotatable bonds is 1. The molecule has 0 amide bonds. The smallest absolute Gasteiger partial charge is 0.204 e. The van der Waals surface area contributed by atoms with Crippen molar-refractivity contribution in [2.24, 2.45) is 0 Å². The Bertz CT molecular complexity index is 284. The quantitative estimate of drug-likeness (QED) is 0.426. The van der Waals surface area contributed by atoms with Gasteiger partial charge < -0.3 is 4.79 Å². The highest BCUT2D eigenvalue weighted by molar-refractivity contribution is 5.54. The van der Waals surface area contributed by atoms with Crippen LogP contribution in [-0.2, 0) is 4.79 Å². The van der Waals surface area contributed by atoms with Crippen molar-refractivity contribution in [1.82, 2.24) is 9.97 Å². The molecule has 0 bridgehead atoms. The second kappa shape index (κ2) is 4.18. The monoisotopic (exact) mass is 146 g/mol. The Hall–Kier alpha value is -1.69. The van der Waals surface area contributed by atoms with Gasteiger partial charge in [-0.2, -0.15) is 0 Å². The molecule has 0 aliphatic carbocycles. The van der Waals surface area contributed by atoms with Gasteiger partial charge in [0.25, 0.3) is 0 Å². The van der Waals surface area contributed by atoms with E-state index in [4.69, 9.17) is 0 Å². The lowest BCUT2D eigenvalue weighted by molar-refractivity contribution is -0.107. The molecular weight excluding hydrogens is 140 g/mol. The minimum Gasteiger partial charge on any atom is -0.302 e. The molecule has 54 valence electrons. The van der Waals surface area contributed by atoms with Gasteiger partial charge in [-0.25, -0.2) is 9.97 Å². The Morgan fingerprint density at radius 1 is 1.45 bits per heavy atom. The number of aromatic nitrogens is 2. The molecule has 0 unspecified atom stereocenters. The molecule has 0 aromatic carbocycles. The Balaban J connectivity index is 2.66. The van der Waals surface area contributed by atoms with Crippen LogP contribution in [0.1, 0.15) is 12.2 Å². The summed E-state index contributed by atoms with van der Waals surface area (Å²) in [6.07, 6.45) is 4.20. The second-order valence-electron chi connectivity index (χ2n) is 1.74. The van der Waals surface area contributed by atoms with Crippen molar-refractivity contribution in [3.8, 4) is 11.8 Å². The summed E-state index contributed by atoms with van der Waals surface area (Å²) in [5.41, 5.74) is 0. The van der Waals surface area contributed by atoms with E-state index in [0.717, 1.165) is 6.29 Å². The number of aldehydes is 1. The summed E-state index contributed by atoms with van der Waals surface area (Å²) in [6, 6.07) is 1.71. The van der Waals surface area contributed by atoms with Crippen LogP contribution in [-0.4, -0.2) is 16.3 Å². The van der Waals surface area contributed by atoms with Crippen LogP contribution in [0.15, 0.2) is 18.5 Å². The van der Waals surface area contributed by atoms with E-state index in [1.54, 1.807) is 18.5 Å². The molecule has 3 heteroatoms. The summed E-state index contributed by atoms with van der Waals surface area (Å²) in [6.45, 7) is 0. The van der Waals surface area contributed by atoms with Crippen molar-refractivity contribution in [3.05, 3.63) is 24.3 Å². The van der Waals surface area contributed by atoms with Crippen LogP contribution in [0.5, 0.6) is 0 Å². The van der Waals surface area contributed by atoms with E-state index in [2.05, 4.69) is 21.8 Å². The third-order valence-corrected chi connectivity index (χ3v) is 0.951. The van der Waals surface area contributed by atoms with Crippen LogP contribution < -0.4 is 0 Å². The Labute approximate surface area is 64.5 Å².